The standard InChI is InChI=1S/C9H16N4O2/c1-6(10)4-15-5-7-3-8(11)9(14)13(2)12-7/h3,6H,4-5,10-11H2,1-2H3/t6-/m1/s1. The molecule has 1 aromatic rings. The number of nitrogens with zero attached hydrogens (tertiary/aromatic N) is 2. The zero-order valence-electron chi connectivity index (χ0n) is 8.93. The summed E-state index contributed by atoms with van der Waals surface area (Å²) in [4.78, 5) is 11.2. The minimum Gasteiger partial charge on any atom is -0.394 e. The predicted octanol–water partition coefficient (Wildman–Crippen LogP) is -0.774. The number of hydrogen-bond donors (Lipinski definition) is 2. The fourth-order valence-corrected chi connectivity index (χ4v) is 1.11. The highest BCUT2D eigenvalue weighted by Gasteiger charge is 2.03. The quantitative estimate of drug-likeness (QED) is 0.683. The van der Waals surface area contributed by atoms with Crippen molar-refractivity contribution in [1.82, 2.24) is 9.78 Å². The van der Waals surface area contributed by atoms with Gasteiger partial charge in [-0.25, -0.2) is 4.68 Å². The molecule has 1 heterocycles. The lowest BCUT2D eigenvalue weighted by Gasteiger charge is -2.07. The highest BCUT2D eigenvalue weighted by atomic mass is 16.5. The Morgan fingerprint density at radius 1 is 1.67 bits per heavy atom. The Morgan fingerprint density at radius 2 is 2.33 bits per heavy atom. The van der Waals surface area contributed by atoms with Crippen molar-refractivity contribution < 1.29 is 4.74 Å². The molecular formula is C9H16N4O2. The van der Waals surface area contributed by atoms with E-state index in [0.29, 0.717) is 18.9 Å². The number of nitrogens with two attached hydrogens (primary N) is 2. The van der Waals surface area contributed by atoms with Crippen molar-refractivity contribution in [2.75, 3.05) is 12.3 Å². The summed E-state index contributed by atoms with van der Waals surface area (Å²) in [6.07, 6.45) is 0. The Labute approximate surface area is 87.8 Å². The van der Waals surface area contributed by atoms with Crippen LogP contribution in [-0.4, -0.2) is 22.4 Å². The molecule has 6 heteroatoms. The first kappa shape index (κ1) is 11.7. The van der Waals surface area contributed by atoms with Crippen LogP contribution >= 0.6 is 0 Å². The molecule has 1 rings (SSSR count). The molecule has 0 amide bonds. The van der Waals surface area contributed by atoms with Gasteiger partial charge in [0.25, 0.3) is 5.56 Å². The van der Waals surface area contributed by atoms with Gasteiger partial charge in [-0.05, 0) is 13.0 Å². The van der Waals surface area contributed by atoms with Crippen molar-refractivity contribution in [3.05, 3.63) is 22.1 Å². The van der Waals surface area contributed by atoms with E-state index in [1.165, 1.54) is 10.7 Å². The molecule has 0 aliphatic carbocycles. The van der Waals surface area contributed by atoms with Crippen molar-refractivity contribution in [2.24, 2.45) is 12.8 Å². The fraction of sp³-hybridized carbons (Fsp3) is 0.556. The van der Waals surface area contributed by atoms with Crippen molar-refractivity contribution in [3.63, 3.8) is 0 Å². The third kappa shape index (κ3) is 3.34. The molecule has 0 unspecified atom stereocenters. The van der Waals surface area contributed by atoms with Crippen LogP contribution in [0.4, 0.5) is 5.69 Å². The highest BCUT2D eigenvalue weighted by molar-refractivity contribution is 5.34. The second kappa shape index (κ2) is 4.90. The minimum absolute atomic E-state index is 0.0186. The van der Waals surface area contributed by atoms with E-state index < -0.39 is 0 Å². The first-order valence-electron chi connectivity index (χ1n) is 4.66. The lowest BCUT2D eigenvalue weighted by atomic mass is 10.3. The van der Waals surface area contributed by atoms with Crippen LogP contribution < -0.4 is 17.0 Å². The van der Waals surface area contributed by atoms with Crippen LogP contribution in [0, 0.1) is 0 Å². The van der Waals surface area contributed by atoms with Crippen LogP contribution in [0.25, 0.3) is 0 Å². The first-order chi connectivity index (χ1) is 7.00. The predicted molar refractivity (Wildman–Crippen MR) is 57.2 cm³/mol. The highest BCUT2D eigenvalue weighted by Crippen LogP contribution is 1.99. The summed E-state index contributed by atoms with van der Waals surface area (Å²) in [7, 11) is 1.55. The van der Waals surface area contributed by atoms with E-state index in [9.17, 15) is 4.79 Å². The maximum absolute atomic E-state index is 11.2. The molecule has 6 nitrogen and oxygen atoms in total. The van der Waals surface area contributed by atoms with Crippen LogP contribution in [-0.2, 0) is 18.4 Å². The summed E-state index contributed by atoms with van der Waals surface area (Å²) < 4.78 is 6.47. The van der Waals surface area contributed by atoms with Crippen LogP contribution in [0.3, 0.4) is 0 Å². The molecule has 0 spiro atoms. The number of nitrogen functional groups attached to an aromatic ring is 1. The molecular weight excluding hydrogens is 196 g/mol. The molecule has 0 aromatic carbocycles. The average Bonchev–Trinajstić information content (AvgIpc) is 2.13. The topological polar surface area (TPSA) is 96.2 Å². The smallest absolute Gasteiger partial charge is 0.289 e. The van der Waals surface area contributed by atoms with Gasteiger partial charge in [-0.1, -0.05) is 0 Å². The van der Waals surface area contributed by atoms with Crippen molar-refractivity contribution in [2.45, 2.75) is 19.6 Å². The summed E-state index contributed by atoms with van der Waals surface area (Å²) in [5, 5.41) is 3.99. The Balaban J connectivity index is 2.67. The van der Waals surface area contributed by atoms with Gasteiger partial charge in [-0.3, -0.25) is 4.79 Å². The van der Waals surface area contributed by atoms with Gasteiger partial charge in [0.1, 0.15) is 5.69 Å². The third-order valence-electron chi connectivity index (χ3n) is 1.77. The van der Waals surface area contributed by atoms with Crippen LogP contribution in [0.15, 0.2) is 10.9 Å². The summed E-state index contributed by atoms with van der Waals surface area (Å²) >= 11 is 0. The molecule has 84 valence electrons. The van der Waals surface area contributed by atoms with Gasteiger partial charge in [0.05, 0.1) is 18.9 Å². The normalized spacial score (nSPS) is 12.7. The van der Waals surface area contributed by atoms with E-state index in [4.69, 9.17) is 16.2 Å². The van der Waals surface area contributed by atoms with Crippen LogP contribution in [0.5, 0.6) is 0 Å². The number of aromatic nitrogens is 2. The summed E-state index contributed by atoms with van der Waals surface area (Å²) in [6.45, 7) is 2.60. The van der Waals surface area contributed by atoms with Crippen molar-refractivity contribution in [3.8, 4) is 0 Å². The van der Waals surface area contributed by atoms with Crippen molar-refractivity contribution in [1.29, 1.82) is 0 Å². The summed E-state index contributed by atoms with van der Waals surface area (Å²) in [5.74, 6) is 0. The van der Waals surface area contributed by atoms with Crippen molar-refractivity contribution >= 4 is 5.69 Å². The van der Waals surface area contributed by atoms with Gasteiger partial charge in [-0.2, -0.15) is 5.10 Å². The number of aryl methyl sites for hydroxylation is 1. The second-order valence-electron chi connectivity index (χ2n) is 3.51. The molecule has 0 fully saturated rings. The Kier molecular flexibility index (Phi) is 3.81. The van der Waals surface area contributed by atoms with E-state index in [1.54, 1.807) is 7.05 Å². The largest absolute Gasteiger partial charge is 0.394 e. The molecule has 1 aromatic heterocycles. The molecule has 15 heavy (non-hydrogen) atoms. The lowest BCUT2D eigenvalue weighted by molar-refractivity contribution is 0.108. The van der Waals surface area contributed by atoms with Crippen LogP contribution in [0.1, 0.15) is 12.6 Å². The van der Waals surface area contributed by atoms with Crippen LogP contribution in [0.2, 0.25) is 0 Å². The van der Waals surface area contributed by atoms with E-state index in [-0.39, 0.29) is 17.3 Å². The Bertz CT molecular complexity index is 360. The molecule has 0 aliphatic heterocycles. The molecule has 0 bridgehead atoms. The SMILES string of the molecule is C[C@@H](N)COCc1cc(N)c(=O)n(C)n1. The maximum Gasteiger partial charge on any atom is 0.289 e. The Hall–Kier alpha value is -1.40. The van der Waals surface area contributed by atoms with Gasteiger partial charge in [0.15, 0.2) is 0 Å². The molecule has 0 aliphatic rings. The minimum atomic E-state index is -0.300. The number of anilines is 1. The zero-order valence-corrected chi connectivity index (χ0v) is 8.93. The van der Waals surface area contributed by atoms with Gasteiger partial charge >= 0.3 is 0 Å². The van der Waals surface area contributed by atoms with E-state index in [2.05, 4.69) is 5.10 Å². The lowest BCUT2D eigenvalue weighted by Crippen LogP contribution is -2.25. The molecule has 0 saturated heterocycles. The molecule has 1 atom stereocenters. The van der Waals surface area contributed by atoms with Gasteiger partial charge in [0, 0.05) is 13.1 Å². The number of rotatable bonds is 4. The maximum atomic E-state index is 11.2. The molecule has 4 N–H and O–H groups in total. The van der Waals surface area contributed by atoms with E-state index >= 15 is 0 Å². The van der Waals surface area contributed by atoms with E-state index in [1.807, 2.05) is 6.92 Å². The third-order valence-corrected chi connectivity index (χ3v) is 1.77. The van der Waals surface area contributed by atoms with Gasteiger partial charge in [-0.15, -0.1) is 0 Å². The van der Waals surface area contributed by atoms with Gasteiger partial charge in [0.2, 0.25) is 0 Å². The number of ether oxygens (including phenoxy) is 1. The summed E-state index contributed by atoms with van der Waals surface area (Å²) in [6, 6.07) is 1.50. The Morgan fingerprint density at radius 3 is 2.87 bits per heavy atom. The van der Waals surface area contributed by atoms with Gasteiger partial charge < -0.3 is 16.2 Å². The second-order valence-corrected chi connectivity index (χ2v) is 3.51. The monoisotopic (exact) mass is 212 g/mol. The fourth-order valence-electron chi connectivity index (χ4n) is 1.11. The number of hydrogen-bond acceptors (Lipinski definition) is 5. The first-order valence-corrected chi connectivity index (χ1v) is 4.66. The zero-order chi connectivity index (χ0) is 11.4. The molecule has 0 radical (unpaired) electrons. The summed E-state index contributed by atoms with van der Waals surface area (Å²) in [5.41, 5.74) is 11.5. The average molecular weight is 212 g/mol. The van der Waals surface area contributed by atoms with E-state index in [0.717, 1.165) is 0 Å². The molecule has 0 saturated carbocycles.